The summed E-state index contributed by atoms with van der Waals surface area (Å²) in [5, 5.41) is 5.54. The molecule has 1 fully saturated rings. The summed E-state index contributed by atoms with van der Waals surface area (Å²) in [6.45, 7) is 5.28. The number of ether oxygens (including phenoxy) is 5. The van der Waals surface area contributed by atoms with Crippen molar-refractivity contribution in [1.82, 2.24) is 10.6 Å². The molecule has 10 nitrogen and oxygen atoms in total. The molecule has 1 aromatic rings. The SMILES string of the molecule is COC1=CCNC(C(=O)N[C@H]2COC(=O)[C@H](Cc3ccccc3)C[C@H](C)OC2=O)=C1OCOC(C)C. The quantitative estimate of drug-likeness (QED) is 0.385. The second-order valence-electron chi connectivity index (χ2n) is 8.86. The molecule has 3 atom stereocenters. The van der Waals surface area contributed by atoms with Crippen LogP contribution in [0.3, 0.4) is 0 Å². The lowest BCUT2D eigenvalue weighted by Crippen LogP contribution is -2.48. The van der Waals surface area contributed by atoms with Crippen LogP contribution < -0.4 is 10.6 Å². The van der Waals surface area contributed by atoms with E-state index in [-0.39, 0.29) is 31.0 Å². The summed E-state index contributed by atoms with van der Waals surface area (Å²) in [5.41, 5.74) is 1.05. The van der Waals surface area contributed by atoms with E-state index in [1.807, 2.05) is 44.2 Å². The molecule has 3 rings (SSSR count). The maximum Gasteiger partial charge on any atom is 0.332 e. The minimum Gasteiger partial charge on any atom is -0.493 e. The van der Waals surface area contributed by atoms with Gasteiger partial charge in [0.1, 0.15) is 12.3 Å². The third-order valence-corrected chi connectivity index (χ3v) is 5.64. The molecule has 0 unspecified atom stereocenters. The maximum atomic E-state index is 13.2. The van der Waals surface area contributed by atoms with Gasteiger partial charge in [-0.25, -0.2) is 4.79 Å². The second-order valence-corrected chi connectivity index (χ2v) is 8.86. The Kier molecular flexibility index (Phi) is 9.75. The largest absolute Gasteiger partial charge is 0.493 e. The summed E-state index contributed by atoms with van der Waals surface area (Å²) in [7, 11) is 1.46. The number of benzene rings is 1. The van der Waals surface area contributed by atoms with E-state index in [1.54, 1.807) is 13.0 Å². The van der Waals surface area contributed by atoms with E-state index < -0.39 is 35.9 Å². The van der Waals surface area contributed by atoms with Crippen LogP contribution in [-0.2, 0) is 44.5 Å². The van der Waals surface area contributed by atoms with Gasteiger partial charge in [-0.2, -0.15) is 0 Å². The van der Waals surface area contributed by atoms with E-state index in [2.05, 4.69) is 10.6 Å². The number of carbonyl (C=O) groups is 3. The smallest absolute Gasteiger partial charge is 0.332 e. The molecule has 2 aliphatic rings. The Hall–Kier alpha value is -3.53. The first-order valence-electron chi connectivity index (χ1n) is 12.0. The van der Waals surface area contributed by atoms with E-state index >= 15 is 0 Å². The Morgan fingerprint density at radius 3 is 2.64 bits per heavy atom. The highest BCUT2D eigenvalue weighted by molar-refractivity contribution is 5.97. The molecule has 1 aromatic carbocycles. The van der Waals surface area contributed by atoms with E-state index in [0.29, 0.717) is 25.1 Å². The van der Waals surface area contributed by atoms with E-state index in [4.69, 9.17) is 23.7 Å². The molecule has 196 valence electrons. The molecule has 2 aliphatic heterocycles. The lowest BCUT2D eigenvalue weighted by molar-refractivity contribution is -0.154. The minimum atomic E-state index is -1.20. The van der Waals surface area contributed by atoms with E-state index in [1.165, 1.54) is 7.11 Å². The maximum absolute atomic E-state index is 13.2. The minimum absolute atomic E-state index is 0.0655. The topological polar surface area (TPSA) is 121 Å². The van der Waals surface area contributed by atoms with E-state index in [0.717, 1.165) is 5.56 Å². The van der Waals surface area contributed by atoms with Gasteiger partial charge < -0.3 is 34.3 Å². The average Bonchev–Trinajstić information content (AvgIpc) is 2.89. The predicted octanol–water partition coefficient (Wildman–Crippen LogP) is 1.95. The van der Waals surface area contributed by atoms with Crippen molar-refractivity contribution in [2.45, 2.75) is 51.9 Å². The highest BCUT2D eigenvalue weighted by Crippen LogP contribution is 2.22. The summed E-state index contributed by atoms with van der Waals surface area (Å²) in [6.07, 6.45) is 1.86. The number of carbonyl (C=O) groups excluding carboxylic acids is 3. The van der Waals surface area contributed by atoms with Crippen LogP contribution in [0.15, 0.2) is 53.6 Å². The van der Waals surface area contributed by atoms with Gasteiger partial charge in [0.2, 0.25) is 0 Å². The Balaban J connectivity index is 1.73. The van der Waals surface area contributed by atoms with Crippen LogP contribution in [0.1, 0.15) is 32.8 Å². The summed E-state index contributed by atoms with van der Waals surface area (Å²) in [4.78, 5) is 38.8. The third kappa shape index (κ3) is 7.48. The number of nitrogens with one attached hydrogen (secondary N) is 2. The summed E-state index contributed by atoms with van der Waals surface area (Å²) in [5.74, 6) is -1.75. The Bertz CT molecular complexity index is 989. The lowest BCUT2D eigenvalue weighted by Gasteiger charge is -2.24. The number of dihydropyridines is 1. The van der Waals surface area contributed by atoms with Gasteiger partial charge in [-0.15, -0.1) is 0 Å². The number of hydrogen-bond donors (Lipinski definition) is 2. The van der Waals surface area contributed by atoms with Crippen LogP contribution in [0.4, 0.5) is 0 Å². The summed E-state index contributed by atoms with van der Waals surface area (Å²) in [6, 6.07) is 8.36. The van der Waals surface area contributed by atoms with Crippen LogP contribution in [0, 0.1) is 5.92 Å². The van der Waals surface area contributed by atoms with Crippen molar-refractivity contribution >= 4 is 17.8 Å². The first-order chi connectivity index (χ1) is 17.3. The standard InChI is InChI=1S/C26H34N2O8/c1-16(2)34-15-35-23-21(32-4)10-11-27-22(23)24(29)28-20-14-33-25(30)19(12-17(3)36-26(20)31)13-18-8-6-5-7-9-18/h5-10,16-17,19-20,27H,11-15H2,1-4H3,(H,28,29)/t17-,19-,20-/m0/s1. The lowest BCUT2D eigenvalue weighted by atomic mass is 9.94. The summed E-state index contributed by atoms with van der Waals surface area (Å²) < 4.78 is 27.4. The number of amides is 1. The molecule has 0 saturated carbocycles. The molecule has 1 amide bonds. The van der Waals surface area contributed by atoms with Gasteiger partial charge >= 0.3 is 11.9 Å². The highest BCUT2D eigenvalue weighted by atomic mass is 16.7. The van der Waals surface area contributed by atoms with Gasteiger partial charge in [0.15, 0.2) is 24.4 Å². The first-order valence-corrected chi connectivity index (χ1v) is 12.0. The number of rotatable bonds is 9. The van der Waals surface area contributed by atoms with Crippen molar-refractivity contribution in [3.05, 3.63) is 59.2 Å². The fourth-order valence-corrected chi connectivity index (χ4v) is 3.85. The van der Waals surface area contributed by atoms with Crippen LogP contribution in [0.2, 0.25) is 0 Å². The Morgan fingerprint density at radius 2 is 1.94 bits per heavy atom. The molecule has 0 aromatic heterocycles. The molecule has 0 spiro atoms. The van der Waals surface area contributed by atoms with Crippen molar-refractivity contribution < 1.29 is 38.1 Å². The van der Waals surface area contributed by atoms with Gasteiger partial charge in [0.05, 0.1) is 25.2 Å². The number of esters is 2. The van der Waals surface area contributed by atoms with Crippen molar-refractivity contribution in [3.8, 4) is 0 Å². The monoisotopic (exact) mass is 502 g/mol. The van der Waals surface area contributed by atoms with Crippen molar-refractivity contribution in [1.29, 1.82) is 0 Å². The molecular weight excluding hydrogens is 468 g/mol. The fourth-order valence-electron chi connectivity index (χ4n) is 3.85. The molecular formula is C26H34N2O8. The second kappa shape index (κ2) is 13.0. The van der Waals surface area contributed by atoms with Crippen molar-refractivity contribution in [2.75, 3.05) is 27.1 Å². The average molecular weight is 503 g/mol. The zero-order chi connectivity index (χ0) is 26.1. The molecule has 2 heterocycles. The number of hydrogen-bond acceptors (Lipinski definition) is 9. The van der Waals surface area contributed by atoms with Gasteiger partial charge in [-0.3, -0.25) is 9.59 Å². The molecule has 0 bridgehead atoms. The van der Waals surface area contributed by atoms with Crippen molar-refractivity contribution in [3.63, 3.8) is 0 Å². The molecule has 10 heteroatoms. The fraction of sp³-hybridized carbons (Fsp3) is 0.500. The van der Waals surface area contributed by atoms with Crippen molar-refractivity contribution in [2.24, 2.45) is 5.92 Å². The normalized spacial score (nSPS) is 22.8. The van der Waals surface area contributed by atoms with Gasteiger partial charge in [0, 0.05) is 6.54 Å². The Labute approximate surface area is 210 Å². The Morgan fingerprint density at radius 1 is 1.19 bits per heavy atom. The zero-order valence-corrected chi connectivity index (χ0v) is 21.1. The third-order valence-electron chi connectivity index (χ3n) is 5.64. The van der Waals surface area contributed by atoms with E-state index in [9.17, 15) is 14.4 Å². The molecule has 36 heavy (non-hydrogen) atoms. The summed E-state index contributed by atoms with van der Waals surface area (Å²) >= 11 is 0. The van der Waals surface area contributed by atoms with Crippen LogP contribution in [0.5, 0.6) is 0 Å². The molecule has 1 saturated heterocycles. The van der Waals surface area contributed by atoms with Gasteiger partial charge in [-0.05, 0) is 45.3 Å². The molecule has 0 radical (unpaired) electrons. The highest BCUT2D eigenvalue weighted by Gasteiger charge is 2.34. The number of cyclic esters (lactones) is 2. The van der Waals surface area contributed by atoms with Gasteiger partial charge in [-0.1, -0.05) is 30.3 Å². The van der Waals surface area contributed by atoms with Gasteiger partial charge in [0.25, 0.3) is 5.91 Å². The van der Waals surface area contributed by atoms with Crippen LogP contribution in [-0.4, -0.2) is 63.1 Å². The van der Waals surface area contributed by atoms with Crippen LogP contribution >= 0.6 is 0 Å². The molecule has 2 N–H and O–H groups in total. The molecule has 0 aliphatic carbocycles. The zero-order valence-electron chi connectivity index (χ0n) is 21.1. The first kappa shape index (κ1) is 27.1. The van der Waals surface area contributed by atoms with Crippen LogP contribution in [0.25, 0.3) is 0 Å². The predicted molar refractivity (Wildman–Crippen MR) is 129 cm³/mol. The number of methoxy groups -OCH3 is 1.